The first-order valence-electron chi connectivity index (χ1n) is 7.28. The predicted octanol–water partition coefficient (Wildman–Crippen LogP) is 3.19. The van der Waals surface area contributed by atoms with E-state index in [1.807, 2.05) is 25.1 Å². The summed E-state index contributed by atoms with van der Waals surface area (Å²) in [6, 6.07) is 12.0. The lowest BCUT2D eigenvalue weighted by Gasteiger charge is -2.10. The number of sulfone groups is 1. The SMILES string of the molecule is CCc1ccccc1NC(=O)CCS(=O)(=O)c1ccc(F)cc1. The van der Waals surface area contributed by atoms with E-state index in [0.717, 1.165) is 24.1 Å². The Hall–Kier alpha value is -2.21. The first-order chi connectivity index (χ1) is 10.9. The van der Waals surface area contributed by atoms with Crippen LogP contribution in [-0.2, 0) is 21.1 Å². The number of anilines is 1. The summed E-state index contributed by atoms with van der Waals surface area (Å²) >= 11 is 0. The predicted molar refractivity (Wildman–Crippen MR) is 87.5 cm³/mol. The average molecular weight is 335 g/mol. The van der Waals surface area contributed by atoms with E-state index in [1.54, 1.807) is 6.07 Å². The molecule has 0 aliphatic carbocycles. The molecule has 2 aromatic carbocycles. The average Bonchev–Trinajstić information content (AvgIpc) is 2.54. The van der Waals surface area contributed by atoms with E-state index in [1.165, 1.54) is 12.1 Å². The number of hydrogen-bond donors (Lipinski definition) is 1. The number of amides is 1. The fourth-order valence-corrected chi connectivity index (χ4v) is 3.39. The summed E-state index contributed by atoms with van der Waals surface area (Å²) in [6.45, 7) is 1.98. The maximum absolute atomic E-state index is 12.8. The van der Waals surface area contributed by atoms with E-state index >= 15 is 0 Å². The molecule has 0 fully saturated rings. The van der Waals surface area contributed by atoms with Crippen molar-refractivity contribution >= 4 is 21.4 Å². The summed E-state index contributed by atoms with van der Waals surface area (Å²) in [5.41, 5.74) is 1.68. The molecule has 2 aromatic rings. The third-order valence-corrected chi connectivity index (χ3v) is 5.17. The Morgan fingerprint density at radius 2 is 1.74 bits per heavy atom. The fourth-order valence-electron chi connectivity index (χ4n) is 2.15. The zero-order valence-corrected chi connectivity index (χ0v) is 13.6. The van der Waals surface area contributed by atoms with Crippen LogP contribution in [0.25, 0.3) is 0 Å². The van der Waals surface area contributed by atoms with Crippen molar-refractivity contribution < 1.29 is 17.6 Å². The molecule has 0 aliphatic heterocycles. The smallest absolute Gasteiger partial charge is 0.225 e. The molecule has 1 amide bonds. The Kier molecular flexibility index (Phi) is 5.50. The zero-order chi connectivity index (χ0) is 16.9. The van der Waals surface area contributed by atoms with Crippen molar-refractivity contribution in [2.45, 2.75) is 24.7 Å². The second-order valence-corrected chi connectivity index (χ2v) is 7.19. The fraction of sp³-hybridized carbons (Fsp3) is 0.235. The van der Waals surface area contributed by atoms with Gasteiger partial charge in [0, 0.05) is 12.1 Å². The summed E-state index contributed by atoms with van der Waals surface area (Å²) in [4.78, 5) is 12.0. The third-order valence-electron chi connectivity index (χ3n) is 3.44. The van der Waals surface area contributed by atoms with Gasteiger partial charge < -0.3 is 5.32 Å². The standard InChI is InChI=1S/C17H18FNO3S/c1-2-13-5-3-4-6-16(13)19-17(20)11-12-23(21,22)15-9-7-14(18)8-10-15/h3-10H,2,11-12H2,1H3,(H,19,20). The van der Waals surface area contributed by atoms with E-state index in [4.69, 9.17) is 0 Å². The summed E-state index contributed by atoms with van der Waals surface area (Å²) in [7, 11) is -3.61. The molecule has 0 spiro atoms. The quantitative estimate of drug-likeness (QED) is 0.825. The van der Waals surface area contributed by atoms with E-state index in [0.29, 0.717) is 5.69 Å². The van der Waals surface area contributed by atoms with Crippen molar-refractivity contribution in [1.82, 2.24) is 0 Å². The summed E-state index contributed by atoms with van der Waals surface area (Å²) < 4.78 is 37.1. The van der Waals surface area contributed by atoms with Crippen molar-refractivity contribution in [2.24, 2.45) is 0 Å². The first-order valence-corrected chi connectivity index (χ1v) is 8.93. The lowest BCUT2D eigenvalue weighted by molar-refractivity contribution is -0.115. The molecule has 2 rings (SSSR count). The lowest BCUT2D eigenvalue weighted by Crippen LogP contribution is -2.18. The van der Waals surface area contributed by atoms with Gasteiger partial charge in [-0.05, 0) is 42.3 Å². The molecule has 0 saturated carbocycles. The van der Waals surface area contributed by atoms with Crippen LogP contribution in [0.2, 0.25) is 0 Å². The van der Waals surface area contributed by atoms with Gasteiger partial charge in [-0.25, -0.2) is 12.8 Å². The zero-order valence-electron chi connectivity index (χ0n) is 12.8. The van der Waals surface area contributed by atoms with Crippen molar-refractivity contribution in [3.8, 4) is 0 Å². The molecule has 0 atom stereocenters. The van der Waals surface area contributed by atoms with Gasteiger partial charge in [-0.1, -0.05) is 25.1 Å². The van der Waals surface area contributed by atoms with Crippen molar-refractivity contribution in [3.05, 3.63) is 59.9 Å². The van der Waals surface area contributed by atoms with Crippen LogP contribution in [0.5, 0.6) is 0 Å². The molecule has 0 unspecified atom stereocenters. The maximum atomic E-state index is 12.8. The monoisotopic (exact) mass is 335 g/mol. The molecule has 4 nitrogen and oxygen atoms in total. The van der Waals surface area contributed by atoms with Gasteiger partial charge >= 0.3 is 0 Å². The highest BCUT2D eigenvalue weighted by Crippen LogP contribution is 2.17. The maximum Gasteiger partial charge on any atom is 0.225 e. The second kappa shape index (κ2) is 7.37. The molecule has 0 saturated heterocycles. The Labute approximate surface area is 135 Å². The van der Waals surface area contributed by atoms with Crippen LogP contribution >= 0.6 is 0 Å². The van der Waals surface area contributed by atoms with Crippen LogP contribution < -0.4 is 5.32 Å². The molecule has 6 heteroatoms. The van der Waals surface area contributed by atoms with Crippen molar-refractivity contribution in [3.63, 3.8) is 0 Å². The Morgan fingerprint density at radius 1 is 1.09 bits per heavy atom. The van der Waals surface area contributed by atoms with Gasteiger partial charge in [0.1, 0.15) is 5.82 Å². The van der Waals surface area contributed by atoms with E-state index in [-0.39, 0.29) is 23.0 Å². The van der Waals surface area contributed by atoms with Crippen LogP contribution in [0.4, 0.5) is 10.1 Å². The van der Waals surface area contributed by atoms with Gasteiger partial charge in [-0.3, -0.25) is 4.79 Å². The largest absolute Gasteiger partial charge is 0.326 e. The summed E-state index contributed by atoms with van der Waals surface area (Å²) in [5, 5.41) is 2.73. The normalized spacial score (nSPS) is 11.2. The number of rotatable bonds is 6. The highest BCUT2D eigenvalue weighted by atomic mass is 32.2. The van der Waals surface area contributed by atoms with Crippen LogP contribution in [-0.4, -0.2) is 20.1 Å². The van der Waals surface area contributed by atoms with Crippen LogP contribution in [0.3, 0.4) is 0 Å². The number of halogens is 1. The molecule has 0 radical (unpaired) electrons. The molecule has 0 bridgehead atoms. The molecular weight excluding hydrogens is 317 g/mol. The van der Waals surface area contributed by atoms with Gasteiger partial charge in [0.05, 0.1) is 10.6 Å². The number of benzene rings is 2. The molecule has 0 aromatic heterocycles. The number of para-hydroxylation sites is 1. The Balaban J connectivity index is 2.00. The third kappa shape index (κ3) is 4.63. The van der Waals surface area contributed by atoms with Gasteiger partial charge in [0.25, 0.3) is 0 Å². The van der Waals surface area contributed by atoms with Crippen molar-refractivity contribution in [1.29, 1.82) is 0 Å². The van der Waals surface area contributed by atoms with Crippen LogP contribution in [0, 0.1) is 5.82 Å². The topological polar surface area (TPSA) is 63.2 Å². The number of carbonyl (C=O) groups excluding carboxylic acids is 1. The minimum absolute atomic E-state index is 0.0145. The van der Waals surface area contributed by atoms with E-state index in [9.17, 15) is 17.6 Å². The molecule has 122 valence electrons. The van der Waals surface area contributed by atoms with Gasteiger partial charge in [-0.2, -0.15) is 0 Å². The van der Waals surface area contributed by atoms with Gasteiger partial charge in [0.15, 0.2) is 9.84 Å². The molecule has 0 aliphatic rings. The molecule has 0 heterocycles. The van der Waals surface area contributed by atoms with E-state index in [2.05, 4.69) is 5.32 Å². The minimum atomic E-state index is -3.61. The Morgan fingerprint density at radius 3 is 2.39 bits per heavy atom. The highest BCUT2D eigenvalue weighted by molar-refractivity contribution is 7.91. The number of nitrogens with one attached hydrogen (secondary N) is 1. The number of carbonyl (C=O) groups is 1. The number of hydrogen-bond acceptors (Lipinski definition) is 3. The van der Waals surface area contributed by atoms with E-state index < -0.39 is 15.7 Å². The lowest BCUT2D eigenvalue weighted by atomic mass is 10.1. The van der Waals surface area contributed by atoms with Crippen LogP contribution in [0.1, 0.15) is 18.9 Å². The van der Waals surface area contributed by atoms with Crippen LogP contribution in [0.15, 0.2) is 53.4 Å². The highest BCUT2D eigenvalue weighted by Gasteiger charge is 2.17. The minimum Gasteiger partial charge on any atom is -0.326 e. The summed E-state index contributed by atoms with van der Waals surface area (Å²) in [5.74, 6) is -1.19. The first kappa shape index (κ1) is 17.1. The summed E-state index contributed by atoms with van der Waals surface area (Å²) in [6.07, 6.45) is 0.613. The second-order valence-electron chi connectivity index (χ2n) is 5.08. The molecule has 23 heavy (non-hydrogen) atoms. The van der Waals surface area contributed by atoms with Crippen molar-refractivity contribution in [2.75, 3.05) is 11.1 Å². The molecular formula is C17H18FNO3S. The van der Waals surface area contributed by atoms with Gasteiger partial charge in [-0.15, -0.1) is 0 Å². The van der Waals surface area contributed by atoms with Gasteiger partial charge in [0.2, 0.25) is 5.91 Å². The molecule has 1 N–H and O–H groups in total. The number of aryl methyl sites for hydroxylation is 1. The Bertz CT molecular complexity index is 786.